The molecule has 2 aromatic carbocycles. The van der Waals surface area contributed by atoms with Gasteiger partial charge in [0.15, 0.2) is 0 Å². The van der Waals surface area contributed by atoms with Crippen molar-refractivity contribution < 1.29 is 9.47 Å². The SMILES string of the molecule is Clc1ccc(C(Cn2ccnc2)OCc2ccsc2Cl)c(Cl)c1.Clc1ccc(C(Cn2ccnc2)OCc2ccsc2Cl)c(Cl)c1. The van der Waals surface area contributed by atoms with Gasteiger partial charge in [0, 0.05) is 67.1 Å². The number of halogens is 6. The van der Waals surface area contributed by atoms with Gasteiger partial charge in [0.1, 0.15) is 12.2 Å². The van der Waals surface area contributed by atoms with E-state index in [0.717, 1.165) is 30.9 Å². The van der Waals surface area contributed by atoms with Crippen LogP contribution in [0.25, 0.3) is 0 Å². The second-order valence-electron chi connectivity index (χ2n) is 9.89. The third-order valence-electron chi connectivity index (χ3n) is 6.76. The molecule has 0 aliphatic heterocycles. The summed E-state index contributed by atoms with van der Waals surface area (Å²) in [7, 11) is 0. The number of ether oxygens (including phenoxy) is 2. The molecule has 0 saturated heterocycles. The van der Waals surface area contributed by atoms with Crippen molar-refractivity contribution in [1.82, 2.24) is 19.1 Å². The zero-order valence-electron chi connectivity index (χ0n) is 23.9. The first kappa shape index (κ1) is 35.2. The fraction of sp³-hybridized carbons (Fsp3) is 0.188. The maximum absolute atomic E-state index is 6.34. The predicted molar refractivity (Wildman–Crippen MR) is 191 cm³/mol. The van der Waals surface area contributed by atoms with E-state index in [2.05, 4.69) is 9.97 Å². The molecule has 0 spiro atoms. The van der Waals surface area contributed by atoms with E-state index in [1.807, 2.05) is 68.7 Å². The van der Waals surface area contributed by atoms with Gasteiger partial charge in [0.05, 0.1) is 47.6 Å². The molecule has 2 unspecified atom stereocenters. The van der Waals surface area contributed by atoms with Gasteiger partial charge < -0.3 is 18.6 Å². The molecule has 4 heterocycles. The van der Waals surface area contributed by atoms with Crippen LogP contribution < -0.4 is 0 Å². The zero-order valence-corrected chi connectivity index (χ0v) is 30.1. The minimum atomic E-state index is -0.232. The molecule has 240 valence electrons. The van der Waals surface area contributed by atoms with Crippen molar-refractivity contribution >= 4 is 92.3 Å². The smallest absolute Gasteiger partial charge is 0.102 e. The molecule has 6 aromatic rings. The normalized spacial score (nSPS) is 12.5. The van der Waals surface area contributed by atoms with Crippen molar-refractivity contribution in [2.24, 2.45) is 0 Å². The number of rotatable bonds is 12. The van der Waals surface area contributed by atoms with Crippen molar-refractivity contribution in [2.75, 3.05) is 0 Å². The summed E-state index contributed by atoms with van der Waals surface area (Å²) in [6.45, 7) is 2.04. The van der Waals surface area contributed by atoms with Gasteiger partial charge >= 0.3 is 0 Å². The monoisotopic (exact) mass is 772 g/mol. The standard InChI is InChI=1S/2C16H13Cl3N2OS/c2*17-12-1-2-13(14(18)7-12)15(8-21-5-4-20-10-21)22-9-11-3-6-23-16(11)19/h2*1-7,10,15H,8-9H2. The summed E-state index contributed by atoms with van der Waals surface area (Å²) in [4.78, 5) is 8.13. The van der Waals surface area contributed by atoms with Crippen molar-refractivity contribution in [1.29, 1.82) is 0 Å². The Morgan fingerprint density at radius 1 is 0.609 bits per heavy atom. The van der Waals surface area contributed by atoms with E-state index >= 15 is 0 Å². The fourth-order valence-corrected chi connectivity index (χ4v) is 7.27. The summed E-state index contributed by atoms with van der Waals surface area (Å²) in [5, 5.41) is 6.25. The van der Waals surface area contributed by atoms with Crippen molar-refractivity contribution in [3.05, 3.63) is 148 Å². The molecule has 0 bridgehead atoms. The number of nitrogens with zero attached hydrogens (tertiary/aromatic N) is 4. The Balaban J connectivity index is 0.000000181. The van der Waals surface area contributed by atoms with Gasteiger partial charge in [0.2, 0.25) is 0 Å². The van der Waals surface area contributed by atoms with Gasteiger partial charge in [-0.2, -0.15) is 0 Å². The number of benzene rings is 2. The van der Waals surface area contributed by atoms with Gasteiger partial charge in [0.25, 0.3) is 0 Å². The summed E-state index contributed by atoms with van der Waals surface area (Å²) in [5.41, 5.74) is 3.71. The van der Waals surface area contributed by atoms with Crippen LogP contribution in [0.2, 0.25) is 28.8 Å². The van der Waals surface area contributed by atoms with Crippen LogP contribution in [0.3, 0.4) is 0 Å². The second-order valence-corrected chi connectivity index (χ2v) is 14.6. The van der Waals surface area contributed by atoms with E-state index < -0.39 is 0 Å². The predicted octanol–water partition coefficient (Wildman–Crippen LogP) is 11.7. The first-order valence-electron chi connectivity index (χ1n) is 13.7. The molecule has 6 nitrogen and oxygen atoms in total. The van der Waals surface area contributed by atoms with Crippen LogP contribution in [0, 0.1) is 0 Å². The highest BCUT2D eigenvalue weighted by atomic mass is 35.5. The quantitative estimate of drug-likeness (QED) is 0.124. The van der Waals surface area contributed by atoms with E-state index in [-0.39, 0.29) is 12.2 Å². The van der Waals surface area contributed by atoms with Crippen LogP contribution in [0.4, 0.5) is 0 Å². The lowest BCUT2D eigenvalue weighted by Crippen LogP contribution is -2.12. The van der Waals surface area contributed by atoms with Crippen molar-refractivity contribution in [2.45, 2.75) is 38.5 Å². The Morgan fingerprint density at radius 3 is 1.37 bits per heavy atom. The van der Waals surface area contributed by atoms with Gasteiger partial charge in [-0.3, -0.25) is 0 Å². The number of imidazole rings is 2. The summed E-state index contributed by atoms with van der Waals surface area (Å²) in [6, 6.07) is 14.8. The molecule has 0 aliphatic rings. The van der Waals surface area contributed by atoms with Gasteiger partial charge in [-0.25, -0.2) is 9.97 Å². The molecule has 0 N–H and O–H groups in total. The van der Waals surface area contributed by atoms with E-state index in [1.54, 1.807) is 37.2 Å². The molecular weight excluding hydrogens is 749 g/mol. The van der Waals surface area contributed by atoms with Crippen LogP contribution in [0.15, 0.2) is 96.7 Å². The molecule has 0 aliphatic carbocycles. The first-order valence-corrected chi connectivity index (χ1v) is 17.8. The lowest BCUT2D eigenvalue weighted by molar-refractivity contribution is 0.0282. The fourth-order valence-electron chi connectivity index (χ4n) is 4.40. The van der Waals surface area contributed by atoms with E-state index in [9.17, 15) is 0 Å². The lowest BCUT2D eigenvalue weighted by atomic mass is 10.1. The van der Waals surface area contributed by atoms with Crippen LogP contribution in [-0.4, -0.2) is 19.1 Å². The Kier molecular flexibility index (Phi) is 13.3. The summed E-state index contributed by atoms with van der Waals surface area (Å²) in [6.07, 6.45) is 10.3. The van der Waals surface area contributed by atoms with E-state index in [0.29, 0.717) is 46.4 Å². The van der Waals surface area contributed by atoms with Crippen LogP contribution in [0.5, 0.6) is 0 Å². The summed E-state index contributed by atoms with van der Waals surface area (Å²) < 4.78 is 17.6. The Labute approximate surface area is 305 Å². The number of aromatic nitrogens is 4. The van der Waals surface area contributed by atoms with Gasteiger partial charge in [-0.1, -0.05) is 81.7 Å². The van der Waals surface area contributed by atoms with Crippen LogP contribution >= 0.6 is 92.3 Å². The largest absolute Gasteiger partial charge is 0.367 e. The summed E-state index contributed by atoms with van der Waals surface area (Å²) >= 11 is 39.9. The average Bonchev–Trinajstić information content (AvgIpc) is 3.85. The number of hydrogen-bond acceptors (Lipinski definition) is 6. The third kappa shape index (κ3) is 9.97. The number of hydrogen-bond donors (Lipinski definition) is 0. The third-order valence-corrected chi connectivity index (χ3v) is 10.4. The van der Waals surface area contributed by atoms with Crippen LogP contribution in [0.1, 0.15) is 34.5 Å². The molecule has 46 heavy (non-hydrogen) atoms. The van der Waals surface area contributed by atoms with Crippen molar-refractivity contribution in [3.63, 3.8) is 0 Å². The zero-order chi connectivity index (χ0) is 32.5. The maximum atomic E-state index is 6.34. The Hall–Kier alpha value is -2.08. The highest BCUT2D eigenvalue weighted by Gasteiger charge is 2.19. The molecule has 0 saturated carbocycles. The Morgan fingerprint density at radius 2 is 1.04 bits per heavy atom. The van der Waals surface area contributed by atoms with Gasteiger partial charge in [-0.05, 0) is 47.2 Å². The highest BCUT2D eigenvalue weighted by molar-refractivity contribution is 7.14. The minimum absolute atomic E-state index is 0.232. The lowest BCUT2D eigenvalue weighted by Gasteiger charge is -2.20. The maximum Gasteiger partial charge on any atom is 0.102 e. The van der Waals surface area contributed by atoms with E-state index in [1.165, 1.54) is 22.7 Å². The Bertz CT molecular complexity index is 1680. The molecule has 0 radical (unpaired) electrons. The van der Waals surface area contributed by atoms with Gasteiger partial charge in [-0.15, -0.1) is 22.7 Å². The molecular formula is C32H26Cl6N4O2S2. The molecule has 4 aromatic heterocycles. The molecule has 0 amide bonds. The van der Waals surface area contributed by atoms with Crippen LogP contribution in [-0.2, 0) is 35.8 Å². The molecule has 14 heteroatoms. The molecule has 2 atom stereocenters. The second kappa shape index (κ2) is 17.4. The number of thiophene rings is 2. The highest BCUT2D eigenvalue weighted by Crippen LogP contribution is 2.33. The topological polar surface area (TPSA) is 54.1 Å². The average molecular weight is 775 g/mol. The molecule has 6 rings (SSSR count). The minimum Gasteiger partial charge on any atom is -0.367 e. The molecule has 0 fully saturated rings. The first-order chi connectivity index (χ1) is 22.3. The van der Waals surface area contributed by atoms with E-state index in [4.69, 9.17) is 79.1 Å². The van der Waals surface area contributed by atoms with Crippen molar-refractivity contribution in [3.8, 4) is 0 Å². The summed E-state index contributed by atoms with van der Waals surface area (Å²) in [5.74, 6) is 0.